The Balaban J connectivity index is 2.35. The molecule has 0 radical (unpaired) electrons. The number of nitrogens with zero attached hydrogens (tertiary/aromatic N) is 2. The van der Waals surface area contributed by atoms with Crippen molar-refractivity contribution in [3.63, 3.8) is 0 Å². The van der Waals surface area contributed by atoms with Crippen LogP contribution in [0.25, 0.3) is 16.7 Å². The Morgan fingerprint density at radius 3 is 2.80 bits per heavy atom. The van der Waals surface area contributed by atoms with E-state index in [-0.39, 0.29) is 0 Å². The molecule has 4 heteroatoms. The zero-order valence-corrected chi connectivity index (χ0v) is 8.57. The van der Waals surface area contributed by atoms with Crippen LogP contribution in [0.2, 0.25) is 5.02 Å². The van der Waals surface area contributed by atoms with Crippen LogP contribution in [0.5, 0.6) is 0 Å². The normalized spacial score (nSPS) is 14.1. The summed E-state index contributed by atoms with van der Waals surface area (Å²) >= 11 is 5.95. The lowest BCUT2D eigenvalue weighted by atomic mass is 10.2. The van der Waals surface area contributed by atoms with Gasteiger partial charge >= 0.3 is 0 Å². The Hall–Kier alpha value is -1.74. The summed E-state index contributed by atoms with van der Waals surface area (Å²) in [5, 5.41) is 0.688. The molecule has 2 N–H and O–H groups in total. The fourth-order valence-corrected chi connectivity index (χ4v) is 1.84. The van der Waals surface area contributed by atoms with Gasteiger partial charge in [0.25, 0.3) is 0 Å². The van der Waals surface area contributed by atoms with Gasteiger partial charge in [-0.25, -0.2) is 4.98 Å². The highest BCUT2D eigenvalue weighted by atomic mass is 35.5. The van der Waals surface area contributed by atoms with Crippen molar-refractivity contribution in [3.05, 3.63) is 41.4 Å². The second kappa shape index (κ2) is 2.87. The van der Waals surface area contributed by atoms with E-state index in [1.165, 1.54) is 0 Å². The minimum absolute atomic E-state index is 0.489. The number of allylic oxidation sites excluding steroid dienone is 4. The summed E-state index contributed by atoms with van der Waals surface area (Å²) in [6.07, 6.45) is 5.93. The van der Waals surface area contributed by atoms with E-state index in [0.29, 0.717) is 11.0 Å². The first-order chi connectivity index (χ1) is 7.25. The summed E-state index contributed by atoms with van der Waals surface area (Å²) in [6.45, 7) is 0. The molecular weight excluding hydrogens is 210 g/mol. The number of hydrogen-bond donors (Lipinski definition) is 1. The van der Waals surface area contributed by atoms with Crippen molar-refractivity contribution in [1.29, 1.82) is 0 Å². The lowest BCUT2D eigenvalue weighted by Gasteiger charge is -2.11. The topological polar surface area (TPSA) is 43.8 Å². The molecule has 0 atom stereocenters. The Morgan fingerprint density at radius 1 is 1.33 bits per heavy atom. The molecule has 3 nitrogen and oxygen atoms in total. The number of hydrogen-bond acceptors (Lipinski definition) is 2. The molecule has 0 saturated heterocycles. The van der Waals surface area contributed by atoms with E-state index in [2.05, 4.69) is 4.98 Å². The summed E-state index contributed by atoms with van der Waals surface area (Å²) in [5.41, 5.74) is 8.69. The van der Waals surface area contributed by atoms with Crippen LogP contribution in [0.3, 0.4) is 0 Å². The number of fused-ring (bicyclic) bond motifs is 1. The molecule has 1 aromatic carbocycles. The predicted molar refractivity (Wildman–Crippen MR) is 62.6 cm³/mol. The number of halogens is 1. The first-order valence-electron chi connectivity index (χ1n) is 4.58. The van der Waals surface area contributed by atoms with Crippen molar-refractivity contribution >= 4 is 34.3 Å². The van der Waals surface area contributed by atoms with Gasteiger partial charge in [0.1, 0.15) is 0 Å². The molecule has 1 aliphatic carbocycles. The second-order valence-corrected chi connectivity index (χ2v) is 3.83. The van der Waals surface area contributed by atoms with E-state index in [1.807, 2.05) is 41.0 Å². The fraction of sp³-hybridized carbons (Fsp3) is 0. The van der Waals surface area contributed by atoms with E-state index < -0.39 is 0 Å². The molecule has 0 bridgehead atoms. The molecule has 0 spiro atoms. The Bertz CT molecular complexity index is 608. The van der Waals surface area contributed by atoms with Crippen LogP contribution < -0.4 is 5.73 Å². The molecule has 3 rings (SSSR count). The molecule has 0 saturated carbocycles. The van der Waals surface area contributed by atoms with Gasteiger partial charge in [-0.3, -0.25) is 4.57 Å². The number of benzene rings is 1. The number of anilines is 1. The zero-order chi connectivity index (χ0) is 10.4. The SMILES string of the molecule is Nc1nc2ccc(Cl)cc2n1C1=CC=C1. The fourth-order valence-electron chi connectivity index (χ4n) is 1.67. The number of imidazole rings is 1. The third-order valence-corrected chi connectivity index (χ3v) is 2.67. The van der Waals surface area contributed by atoms with Gasteiger partial charge < -0.3 is 5.73 Å². The minimum Gasteiger partial charge on any atom is -0.369 e. The van der Waals surface area contributed by atoms with E-state index in [4.69, 9.17) is 17.3 Å². The lowest BCUT2D eigenvalue weighted by molar-refractivity contribution is 1.14. The van der Waals surface area contributed by atoms with Crippen molar-refractivity contribution in [2.24, 2.45) is 0 Å². The van der Waals surface area contributed by atoms with E-state index in [0.717, 1.165) is 16.7 Å². The van der Waals surface area contributed by atoms with Crippen molar-refractivity contribution in [1.82, 2.24) is 9.55 Å². The van der Waals surface area contributed by atoms with Gasteiger partial charge in [0.15, 0.2) is 0 Å². The molecular formula is C11H8ClN3. The Labute approximate surface area is 91.5 Å². The minimum atomic E-state index is 0.489. The molecule has 0 fully saturated rings. The lowest BCUT2D eigenvalue weighted by Crippen LogP contribution is -2.03. The van der Waals surface area contributed by atoms with Gasteiger partial charge in [-0.05, 0) is 30.4 Å². The second-order valence-electron chi connectivity index (χ2n) is 3.39. The molecule has 1 aliphatic rings. The van der Waals surface area contributed by atoms with Crippen LogP contribution in [0, 0.1) is 0 Å². The standard InChI is InChI=1S/C11H8ClN3/c12-7-4-5-9-10(6-7)15(11(13)14-9)8-2-1-3-8/h1-6H,(H2,13,14). The maximum absolute atomic E-state index is 5.95. The monoisotopic (exact) mass is 217 g/mol. The van der Waals surface area contributed by atoms with Crippen LogP contribution in [0.4, 0.5) is 5.95 Å². The maximum Gasteiger partial charge on any atom is 0.205 e. The molecule has 74 valence electrons. The van der Waals surface area contributed by atoms with Gasteiger partial charge in [-0.15, -0.1) is 0 Å². The molecule has 0 amide bonds. The highest BCUT2D eigenvalue weighted by Gasteiger charge is 2.12. The predicted octanol–water partition coefficient (Wildman–Crippen LogP) is 2.68. The summed E-state index contributed by atoms with van der Waals surface area (Å²) in [6, 6.07) is 5.55. The van der Waals surface area contributed by atoms with Gasteiger partial charge in [0.05, 0.1) is 11.0 Å². The smallest absolute Gasteiger partial charge is 0.205 e. The van der Waals surface area contributed by atoms with E-state index >= 15 is 0 Å². The third kappa shape index (κ3) is 1.17. The number of nitrogens with two attached hydrogens (primary N) is 1. The van der Waals surface area contributed by atoms with Crippen molar-refractivity contribution in [2.75, 3.05) is 5.73 Å². The van der Waals surface area contributed by atoms with Crippen molar-refractivity contribution in [2.45, 2.75) is 0 Å². The quantitative estimate of drug-likeness (QED) is 0.798. The molecule has 15 heavy (non-hydrogen) atoms. The summed E-state index contributed by atoms with van der Waals surface area (Å²) in [5.74, 6) is 0.489. The zero-order valence-electron chi connectivity index (χ0n) is 7.81. The number of aromatic nitrogens is 2. The summed E-state index contributed by atoms with van der Waals surface area (Å²) < 4.78 is 1.89. The molecule has 1 heterocycles. The van der Waals surface area contributed by atoms with Crippen LogP contribution in [0.15, 0.2) is 36.4 Å². The third-order valence-electron chi connectivity index (χ3n) is 2.43. The van der Waals surface area contributed by atoms with Gasteiger partial charge in [0.2, 0.25) is 5.95 Å². The summed E-state index contributed by atoms with van der Waals surface area (Å²) in [4.78, 5) is 4.26. The first-order valence-corrected chi connectivity index (χ1v) is 4.96. The van der Waals surface area contributed by atoms with Crippen LogP contribution in [-0.4, -0.2) is 9.55 Å². The molecule has 0 unspecified atom stereocenters. The van der Waals surface area contributed by atoms with Crippen molar-refractivity contribution in [3.8, 4) is 0 Å². The number of rotatable bonds is 1. The van der Waals surface area contributed by atoms with Crippen LogP contribution >= 0.6 is 11.6 Å². The molecule has 2 aromatic rings. The van der Waals surface area contributed by atoms with Crippen LogP contribution in [0.1, 0.15) is 0 Å². The molecule has 0 aliphatic heterocycles. The van der Waals surface area contributed by atoms with Gasteiger partial charge in [-0.1, -0.05) is 17.7 Å². The van der Waals surface area contributed by atoms with Gasteiger partial charge in [-0.2, -0.15) is 0 Å². The van der Waals surface area contributed by atoms with E-state index in [9.17, 15) is 0 Å². The first kappa shape index (κ1) is 8.56. The Morgan fingerprint density at radius 2 is 2.13 bits per heavy atom. The Kier molecular flexibility index (Phi) is 1.64. The molecule has 1 aromatic heterocycles. The van der Waals surface area contributed by atoms with Crippen LogP contribution in [-0.2, 0) is 0 Å². The van der Waals surface area contributed by atoms with E-state index in [1.54, 1.807) is 0 Å². The largest absolute Gasteiger partial charge is 0.369 e. The summed E-state index contributed by atoms with van der Waals surface area (Å²) in [7, 11) is 0. The van der Waals surface area contributed by atoms with Crippen molar-refractivity contribution < 1.29 is 0 Å². The number of nitrogen functional groups attached to an aromatic ring is 1. The highest BCUT2D eigenvalue weighted by Crippen LogP contribution is 2.27. The highest BCUT2D eigenvalue weighted by molar-refractivity contribution is 6.31. The average Bonchev–Trinajstić information content (AvgIpc) is 2.42. The maximum atomic E-state index is 5.95. The average molecular weight is 218 g/mol. The van der Waals surface area contributed by atoms with Gasteiger partial charge in [0, 0.05) is 10.7 Å².